The van der Waals surface area contributed by atoms with E-state index < -0.39 is 0 Å². The van der Waals surface area contributed by atoms with Crippen LogP contribution < -0.4 is 14.8 Å². The normalized spacial score (nSPS) is 13.5. The second kappa shape index (κ2) is 7.23. The topological polar surface area (TPSA) is 73.3 Å². The number of carbonyl (C=O) groups excluding carboxylic acids is 1. The fraction of sp³-hybridized carbons (Fsp3) is 0.150. The standard InChI is InChI=1S/C20H17N3O3/c24-20(9-7-15-13-21-16-4-1-2-5-17(16)22-15)23-14-6-8-18-19(12-14)26-11-3-10-25-18/h1-2,4-9,12-13H,3,10-11H2,(H,23,24). The maximum absolute atomic E-state index is 12.2. The molecule has 26 heavy (non-hydrogen) atoms. The van der Waals surface area contributed by atoms with Crippen molar-refractivity contribution >= 4 is 28.7 Å². The summed E-state index contributed by atoms with van der Waals surface area (Å²) in [4.78, 5) is 20.9. The minimum atomic E-state index is -0.255. The second-order valence-electron chi connectivity index (χ2n) is 5.82. The van der Waals surface area contributed by atoms with E-state index in [0.29, 0.717) is 36.1 Å². The van der Waals surface area contributed by atoms with Gasteiger partial charge in [-0.05, 0) is 30.3 Å². The highest BCUT2D eigenvalue weighted by molar-refractivity contribution is 6.02. The molecule has 0 saturated heterocycles. The number of anilines is 1. The van der Waals surface area contributed by atoms with E-state index in [1.54, 1.807) is 30.5 Å². The molecule has 0 unspecified atom stereocenters. The molecule has 1 amide bonds. The largest absolute Gasteiger partial charge is 0.490 e. The molecule has 0 radical (unpaired) electrons. The molecule has 130 valence electrons. The molecule has 6 heteroatoms. The molecular formula is C20H17N3O3. The van der Waals surface area contributed by atoms with Gasteiger partial charge >= 0.3 is 0 Å². The van der Waals surface area contributed by atoms with Gasteiger partial charge in [-0.3, -0.25) is 9.78 Å². The summed E-state index contributed by atoms with van der Waals surface area (Å²) in [5.41, 5.74) is 2.88. The molecule has 1 aliphatic rings. The number of benzene rings is 2. The van der Waals surface area contributed by atoms with E-state index in [9.17, 15) is 4.79 Å². The number of aromatic nitrogens is 2. The van der Waals surface area contributed by atoms with Crippen LogP contribution in [0.2, 0.25) is 0 Å². The lowest BCUT2D eigenvalue weighted by Crippen LogP contribution is -2.08. The van der Waals surface area contributed by atoms with Crippen molar-refractivity contribution in [2.45, 2.75) is 6.42 Å². The van der Waals surface area contributed by atoms with Gasteiger partial charge in [0.25, 0.3) is 0 Å². The van der Waals surface area contributed by atoms with Crippen molar-refractivity contribution < 1.29 is 14.3 Å². The number of carbonyl (C=O) groups is 1. The van der Waals surface area contributed by atoms with Crippen LogP contribution in [-0.2, 0) is 4.79 Å². The highest BCUT2D eigenvalue weighted by Crippen LogP contribution is 2.32. The molecule has 3 aromatic rings. The Labute approximate surface area is 150 Å². The molecule has 0 atom stereocenters. The molecule has 4 rings (SSSR count). The fourth-order valence-electron chi connectivity index (χ4n) is 2.64. The minimum Gasteiger partial charge on any atom is -0.490 e. The van der Waals surface area contributed by atoms with E-state index in [1.165, 1.54) is 6.08 Å². The first kappa shape index (κ1) is 16.1. The van der Waals surface area contributed by atoms with Gasteiger partial charge in [0, 0.05) is 24.3 Å². The lowest BCUT2D eigenvalue weighted by atomic mass is 10.2. The summed E-state index contributed by atoms with van der Waals surface area (Å²) < 4.78 is 11.2. The number of nitrogens with zero attached hydrogens (tertiary/aromatic N) is 2. The lowest BCUT2D eigenvalue weighted by Gasteiger charge is -2.09. The molecular weight excluding hydrogens is 330 g/mol. The summed E-state index contributed by atoms with van der Waals surface area (Å²) in [6.45, 7) is 1.24. The average molecular weight is 347 g/mol. The first-order valence-electron chi connectivity index (χ1n) is 8.38. The minimum absolute atomic E-state index is 0.255. The number of para-hydroxylation sites is 2. The van der Waals surface area contributed by atoms with Crippen LogP contribution in [0.4, 0.5) is 5.69 Å². The van der Waals surface area contributed by atoms with Gasteiger partial charge in [-0.15, -0.1) is 0 Å². The third kappa shape index (κ3) is 3.64. The predicted molar refractivity (Wildman–Crippen MR) is 99.3 cm³/mol. The van der Waals surface area contributed by atoms with E-state index >= 15 is 0 Å². The molecule has 6 nitrogen and oxygen atoms in total. The molecule has 0 aliphatic carbocycles. The van der Waals surface area contributed by atoms with Crippen molar-refractivity contribution in [3.8, 4) is 11.5 Å². The van der Waals surface area contributed by atoms with Crippen LogP contribution in [0.15, 0.2) is 54.7 Å². The van der Waals surface area contributed by atoms with Gasteiger partial charge in [0.2, 0.25) is 5.91 Å². The Kier molecular flexibility index (Phi) is 4.47. The Morgan fingerprint density at radius 3 is 2.73 bits per heavy atom. The molecule has 0 spiro atoms. The monoisotopic (exact) mass is 347 g/mol. The summed E-state index contributed by atoms with van der Waals surface area (Å²) in [5, 5.41) is 2.81. The van der Waals surface area contributed by atoms with Crippen LogP contribution in [-0.4, -0.2) is 29.1 Å². The van der Waals surface area contributed by atoms with E-state index in [4.69, 9.17) is 9.47 Å². The summed E-state index contributed by atoms with van der Waals surface area (Å²) in [6.07, 6.45) is 5.55. The van der Waals surface area contributed by atoms with Gasteiger partial charge in [0.15, 0.2) is 11.5 Å². The van der Waals surface area contributed by atoms with Gasteiger partial charge in [-0.2, -0.15) is 0 Å². The lowest BCUT2D eigenvalue weighted by molar-refractivity contribution is -0.111. The average Bonchev–Trinajstić information content (AvgIpc) is 2.91. The van der Waals surface area contributed by atoms with Crippen LogP contribution in [0.1, 0.15) is 12.1 Å². The van der Waals surface area contributed by atoms with Crippen molar-refractivity contribution in [1.29, 1.82) is 0 Å². The van der Waals surface area contributed by atoms with Crippen molar-refractivity contribution in [2.75, 3.05) is 18.5 Å². The molecule has 0 saturated carbocycles. The number of rotatable bonds is 3. The van der Waals surface area contributed by atoms with Crippen LogP contribution >= 0.6 is 0 Å². The van der Waals surface area contributed by atoms with Crippen LogP contribution in [0, 0.1) is 0 Å². The van der Waals surface area contributed by atoms with Gasteiger partial charge in [0.05, 0.1) is 36.1 Å². The number of hydrogen-bond donors (Lipinski definition) is 1. The maximum Gasteiger partial charge on any atom is 0.248 e. The van der Waals surface area contributed by atoms with Gasteiger partial charge in [-0.1, -0.05) is 12.1 Å². The predicted octanol–water partition coefficient (Wildman–Crippen LogP) is 3.44. The number of amides is 1. The van der Waals surface area contributed by atoms with Gasteiger partial charge < -0.3 is 14.8 Å². The third-order valence-electron chi connectivity index (χ3n) is 3.89. The highest BCUT2D eigenvalue weighted by atomic mass is 16.5. The van der Waals surface area contributed by atoms with Crippen LogP contribution in [0.5, 0.6) is 11.5 Å². The molecule has 1 aliphatic heterocycles. The quantitative estimate of drug-likeness (QED) is 0.735. The smallest absolute Gasteiger partial charge is 0.248 e. The summed E-state index contributed by atoms with van der Waals surface area (Å²) in [6, 6.07) is 13.0. The van der Waals surface area contributed by atoms with Crippen LogP contribution in [0.25, 0.3) is 17.1 Å². The number of ether oxygens (including phenoxy) is 2. The van der Waals surface area contributed by atoms with Crippen molar-refractivity contribution in [3.05, 3.63) is 60.4 Å². The van der Waals surface area contributed by atoms with E-state index in [1.807, 2.05) is 24.3 Å². The van der Waals surface area contributed by atoms with Gasteiger partial charge in [-0.25, -0.2) is 4.98 Å². The summed E-state index contributed by atoms with van der Waals surface area (Å²) >= 11 is 0. The Balaban J connectivity index is 1.46. The third-order valence-corrected chi connectivity index (χ3v) is 3.89. The van der Waals surface area contributed by atoms with Crippen molar-refractivity contribution in [3.63, 3.8) is 0 Å². The highest BCUT2D eigenvalue weighted by Gasteiger charge is 2.11. The second-order valence-corrected chi connectivity index (χ2v) is 5.82. The summed E-state index contributed by atoms with van der Waals surface area (Å²) in [7, 11) is 0. The zero-order valence-corrected chi connectivity index (χ0v) is 14.0. The first-order valence-corrected chi connectivity index (χ1v) is 8.38. The van der Waals surface area contributed by atoms with Gasteiger partial charge in [0.1, 0.15) is 0 Å². The Bertz CT molecular complexity index is 985. The SMILES string of the molecule is O=C(C=Cc1cnc2ccccc2n1)Nc1ccc2c(c1)OCCCO2. The van der Waals surface area contributed by atoms with Crippen LogP contribution in [0.3, 0.4) is 0 Å². The Hall–Kier alpha value is -3.41. The zero-order chi connectivity index (χ0) is 17.8. The first-order chi connectivity index (χ1) is 12.8. The number of hydrogen-bond acceptors (Lipinski definition) is 5. The molecule has 2 aromatic carbocycles. The molecule has 0 fully saturated rings. The van der Waals surface area contributed by atoms with E-state index in [-0.39, 0.29) is 5.91 Å². The molecule has 2 heterocycles. The Morgan fingerprint density at radius 1 is 1.04 bits per heavy atom. The summed E-state index contributed by atoms with van der Waals surface area (Å²) in [5.74, 6) is 1.08. The zero-order valence-electron chi connectivity index (χ0n) is 14.0. The molecule has 0 bridgehead atoms. The van der Waals surface area contributed by atoms with Crippen molar-refractivity contribution in [1.82, 2.24) is 9.97 Å². The van der Waals surface area contributed by atoms with Crippen molar-refractivity contribution in [2.24, 2.45) is 0 Å². The van der Waals surface area contributed by atoms with E-state index in [0.717, 1.165) is 17.5 Å². The Morgan fingerprint density at radius 2 is 1.85 bits per heavy atom. The number of fused-ring (bicyclic) bond motifs is 2. The maximum atomic E-state index is 12.2. The number of nitrogens with one attached hydrogen (secondary N) is 1. The fourth-order valence-corrected chi connectivity index (χ4v) is 2.64. The van der Waals surface area contributed by atoms with E-state index in [2.05, 4.69) is 15.3 Å². The molecule has 1 N–H and O–H groups in total. The molecule has 1 aromatic heterocycles.